The highest BCUT2D eigenvalue weighted by molar-refractivity contribution is 14.1. The molecule has 4 rings (SSSR count). The molecule has 3 aromatic carbocycles. The molecule has 0 radical (unpaired) electrons. The summed E-state index contributed by atoms with van der Waals surface area (Å²) < 4.78 is 12.3. The van der Waals surface area contributed by atoms with Gasteiger partial charge >= 0.3 is 5.97 Å². The van der Waals surface area contributed by atoms with Gasteiger partial charge in [-0.2, -0.15) is 0 Å². The maximum Gasteiger partial charge on any atom is 0.344 e. The summed E-state index contributed by atoms with van der Waals surface area (Å²) in [5.74, 6) is 0.589. The van der Waals surface area contributed by atoms with Crippen molar-refractivity contribution in [3.63, 3.8) is 0 Å². The standard InChI is InChI=1S/C29H26INO5S/c1-18(2)22-12-11-19(3)15-25(22)35-14-13-31-27(32)26(37-29(31)34)17-20-7-6-8-21(16-20)36-28(33)23-9-4-5-10-24(23)30/h4-12,15-18H,13-14H2,1-3H3/b26-17-. The Hall–Kier alpha value is -3.11. The maximum absolute atomic E-state index is 13.0. The van der Waals surface area contributed by atoms with Gasteiger partial charge in [0.15, 0.2) is 0 Å². The smallest absolute Gasteiger partial charge is 0.344 e. The molecule has 0 spiro atoms. The molecule has 3 aromatic rings. The van der Waals surface area contributed by atoms with Gasteiger partial charge in [-0.15, -0.1) is 0 Å². The van der Waals surface area contributed by atoms with Crippen LogP contribution in [0.5, 0.6) is 11.5 Å². The lowest BCUT2D eigenvalue weighted by Crippen LogP contribution is -2.32. The highest BCUT2D eigenvalue weighted by atomic mass is 127. The molecule has 1 heterocycles. The second kappa shape index (κ2) is 12.0. The topological polar surface area (TPSA) is 72.9 Å². The quantitative estimate of drug-likeness (QED) is 0.115. The molecule has 6 nitrogen and oxygen atoms in total. The van der Waals surface area contributed by atoms with Crippen LogP contribution in [-0.4, -0.2) is 35.2 Å². The first-order chi connectivity index (χ1) is 17.7. The molecule has 0 atom stereocenters. The third-order valence-corrected chi connectivity index (χ3v) is 7.55. The van der Waals surface area contributed by atoms with Crippen LogP contribution in [0, 0.1) is 10.5 Å². The van der Waals surface area contributed by atoms with Crippen molar-refractivity contribution in [2.45, 2.75) is 26.7 Å². The molecule has 1 saturated heterocycles. The van der Waals surface area contributed by atoms with Crippen LogP contribution in [0.15, 0.2) is 71.6 Å². The van der Waals surface area contributed by atoms with E-state index in [4.69, 9.17) is 9.47 Å². The number of imide groups is 1. The molecule has 1 fully saturated rings. The Morgan fingerprint density at radius 2 is 1.84 bits per heavy atom. The minimum Gasteiger partial charge on any atom is -0.491 e. The van der Waals surface area contributed by atoms with E-state index in [0.29, 0.717) is 27.7 Å². The molecule has 0 unspecified atom stereocenters. The van der Waals surface area contributed by atoms with Crippen molar-refractivity contribution < 1.29 is 23.9 Å². The second-order valence-corrected chi connectivity index (χ2v) is 11.0. The van der Waals surface area contributed by atoms with Crippen LogP contribution in [0.25, 0.3) is 6.08 Å². The molecular formula is C29H26INO5S. The molecule has 0 bridgehead atoms. The van der Waals surface area contributed by atoms with Gasteiger partial charge in [0.25, 0.3) is 11.1 Å². The number of carbonyl (C=O) groups excluding carboxylic acids is 3. The lowest BCUT2D eigenvalue weighted by atomic mass is 10.0. The van der Waals surface area contributed by atoms with E-state index in [9.17, 15) is 14.4 Å². The van der Waals surface area contributed by atoms with E-state index in [0.717, 1.165) is 32.2 Å². The molecule has 0 aromatic heterocycles. The van der Waals surface area contributed by atoms with Crippen LogP contribution in [0.1, 0.15) is 46.8 Å². The predicted octanol–water partition coefficient (Wildman–Crippen LogP) is 7.06. The Bertz CT molecular complexity index is 1380. The highest BCUT2D eigenvalue weighted by Crippen LogP contribution is 2.33. The van der Waals surface area contributed by atoms with Crippen molar-refractivity contribution in [3.05, 3.63) is 97.5 Å². The van der Waals surface area contributed by atoms with Crippen molar-refractivity contribution in [3.8, 4) is 11.5 Å². The van der Waals surface area contributed by atoms with E-state index in [1.807, 2.05) is 37.3 Å². The fourth-order valence-electron chi connectivity index (χ4n) is 3.79. The Kier molecular flexibility index (Phi) is 8.71. The average molecular weight is 628 g/mol. The van der Waals surface area contributed by atoms with Crippen LogP contribution in [0.3, 0.4) is 0 Å². The Morgan fingerprint density at radius 3 is 2.59 bits per heavy atom. The first-order valence-corrected chi connectivity index (χ1v) is 13.7. The SMILES string of the molecule is Cc1ccc(C(C)C)c(OCCN2C(=O)S/C(=C\c3cccc(OC(=O)c4ccccc4I)c3)C2=O)c1. The van der Waals surface area contributed by atoms with Crippen LogP contribution < -0.4 is 9.47 Å². The Morgan fingerprint density at radius 1 is 1.05 bits per heavy atom. The number of ether oxygens (including phenoxy) is 2. The van der Waals surface area contributed by atoms with Crippen LogP contribution in [0.4, 0.5) is 4.79 Å². The summed E-state index contributed by atoms with van der Waals surface area (Å²) in [5.41, 5.74) is 3.29. The lowest BCUT2D eigenvalue weighted by molar-refractivity contribution is -0.123. The van der Waals surface area contributed by atoms with E-state index in [1.54, 1.807) is 42.5 Å². The lowest BCUT2D eigenvalue weighted by Gasteiger charge is -2.17. The van der Waals surface area contributed by atoms with Gasteiger partial charge in [0.05, 0.1) is 17.0 Å². The number of esters is 1. The summed E-state index contributed by atoms with van der Waals surface area (Å²) in [5, 5.41) is -0.339. The number of amides is 2. The number of nitrogens with zero attached hydrogens (tertiary/aromatic N) is 1. The molecule has 190 valence electrons. The van der Waals surface area contributed by atoms with E-state index in [-0.39, 0.29) is 24.3 Å². The summed E-state index contributed by atoms with van der Waals surface area (Å²) in [6.07, 6.45) is 1.63. The predicted molar refractivity (Wildman–Crippen MR) is 154 cm³/mol. The van der Waals surface area contributed by atoms with Gasteiger partial charge in [-0.3, -0.25) is 14.5 Å². The number of benzene rings is 3. The number of halogens is 1. The molecule has 0 N–H and O–H groups in total. The van der Waals surface area contributed by atoms with Crippen LogP contribution in [0.2, 0.25) is 0 Å². The van der Waals surface area contributed by atoms with Crippen LogP contribution in [-0.2, 0) is 4.79 Å². The first-order valence-electron chi connectivity index (χ1n) is 11.8. The first kappa shape index (κ1) is 26.9. The van der Waals surface area contributed by atoms with Gasteiger partial charge in [0, 0.05) is 3.57 Å². The molecule has 2 amide bonds. The van der Waals surface area contributed by atoms with E-state index in [2.05, 4.69) is 36.4 Å². The molecule has 37 heavy (non-hydrogen) atoms. The van der Waals surface area contributed by atoms with Gasteiger partial charge in [-0.25, -0.2) is 4.79 Å². The zero-order valence-electron chi connectivity index (χ0n) is 20.7. The number of hydrogen-bond acceptors (Lipinski definition) is 6. The van der Waals surface area contributed by atoms with Crippen molar-refractivity contribution >= 4 is 57.5 Å². The normalized spacial score (nSPS) is 14.5. The Balaban J connectivity index is 1.41. The van der Waals surface area contributed by atoms with Crippen LogP contribution >= 0.6 is 34.4 Å². The van der Waals surface area contributed by atoms with Crippen molar-refractivity contribution in [1.29, 1.82) is 0 Å². The zero-order valence-corrected chi connectivity index (χ0v) is 23.7. The maximum atomic E-state index is 13.0. The van der Waals surface area contributed by atoms with Crippen molar-refractivity contribution in [2.75, 3.05) is 13.2 Å². The van der Waals surface area contributed by atoms with E-state index >= 15 is 0 Å². The molecule has 1 aliphatic rings. The number of rotatable bonds is 8. The monoisotopic (exact) mass is 627 g/mol. The Labute approximate surface area is 234 Å². The van der Waals surface area contributed by atoms with Gasteiger partial charge in [-0.05, 0) is 100 Å². The molecular weight excluding hydrogens is 601 g/mol. The summed E-state index contributed by atoms with van der Waals surface area (Å²) in [7, 11) is 0. The van der Waals surface area contributed by atoms with Gasteiger partial charge in [0.1, 0.15) is 18.1 Å². The molecule has 8 heteroatoms. The van der Waals surface area contributed by atoms with Gasteiger partial charge in [0.2, 0.25) is 0 Å². The zero-order chi connectivity index (χ0) is 26.5. The largest absolute Gasteiger partial charge is 0.491 e. The summed E-state index contributed by atoms with van der Waals surface area (Å²) in [4.78, 5) is 39.6. The third kappa shape index (κ3) is 6.61. The average Bonchev–Trinajstić information content (AvgIpc) is 3.11. The molecule has 1 aliphatic heterocycles. The van der Waals surface area contributed by atoms with E-state index < -0.39 is 5.97 Å². The van der Waals surface area contributed by atoms with Crippen molar-refractivity contribution in [2.24, 2.45) is 0 Å². The summed E-state index contributed by atoms with van der Waals surface area (Å²) >= 11 is 2.97. The van der Waals surface area contributed by atoms with Gasteiger partial charge in [-0.1, -0.05) is 50.2 Å². The molecule has 0 saturated carbocycles. The number of aryl methyl sites for hydroxylation is 1. The number of hydrogen-bond donors (Lipinski definition) is 0. The summed E-state index contributed by atoms with van der Waals surface area (Å²) in [6.45, 7) is 6.55. The third-order valence-electron chi connectivity index (χ3n) is 5.70. The van der Waals surface area contributed by atoms with Crippen molar-refractivity contribution in [1.82, 2.24) is 4.90 Å². The number of thioether (sulfide) groups is 1. The fraction of sp³-hybridized carbons (Fsp3) is 0.207. The highest BCUT2D eigenvalue weighted by Gasteiger charge is 2.34. The second-order valence-electron chi connectivity index (χ2n) is 8.82. The minimum atomic E-state index is -0.461. The van der Waals surface area contributed by atoms with Gasteiger partial charge < -0.3 is 9.47 Å². The summed E-state index contributed by atoms with van der Waals surface area (Å²) in [6, 6.07) is 20.1. The minimum absolute atomic E-state index is 0.154. The van der Waals surface area contributed by atoms with E-state index in [1.165, 1.54) is 4.90 Å². The number of carbonyl (C=O) groups is 3. The molecule has 0 aliphatic carbocycles. The fourth-order valence-corrected chi connectivity index (χ4v) is 5.26.